The predicted octanol–water partition coefficient (Wildman–Crippen LogP) is 0.770. The molecule has 0 saturated carbocycles. The molecule has 1 heterocycles. The number of aromatic carboxylic acids is 1. The summed E-state index contributed by atoms with van der Waals surface area (Å²) in [5.41, 5.74) is -0.163. The van der Waals surface area contributed by atoms with Crippen LogP contribution in [-0.2, 0) is 4.79 Å². The molecule has 0 unspecified atom stereocenters. The van der Waals surface area contributed by atoms with Gasteiger partial charge in [-0.2, -0.15) is 0 Å². The Morgan fingerprint density at radius 1 is 1.33 bits per heavy atom. The molecule has 114 valence electrons. The highest BCUT2D eigenvalue weighted by Crippen LogP contribution is 2.12. The van der Waals surface area contributed by atoms with Gasteiger partial charge >= 0.3 is 12.0 Å². The zero-order valence-corrected chi connectivity index (χ0v) is 11.9. The third-order valence-electron chi connectivity index (χ3n) is 2.63. The van der Waals surface area contributed by atoms with Crippen LogP contribution < -0.4 is 10.6 Å². The van der Waals surface area contributed by atoms with Gasteiger partial charge in [0.15, 0.2) is 5.69 Å². The molecule has 0 radical (unpaired) electrons. The number of urea groups is 1. The zero-order chi connectivity index (χ0) is 15.8. The lowest BCUT2D eigenvalue weighted by Crippen LogP contribution is -2.42. The summed E-state index contributed by atoms with van der Waals surface area (Å²) in [5, 5.41) is 14.0. The first kappa shape index (κ1) is 16.4. The number of nitrogens with one attached hydrogen (secondary N) is 2. The molecule has 8 heteroatoms. The molecule has 0 aliphatic heterocycles. The van der Waals surface area contributed by atoms with Crippen molar-refractivity contribution < 1.29 is 19.5 Å². The average molecular weight is 294 g/mol. The largest absolute Gasteiger partial charge is 0.476 e. The maximum absolute atomic E-state index is 12.1. The summed E-state index contributed by atoms with van der Waals surface area (Å²) >= 11 is 0. The molecule has 0 saturated heterocycles. The van der Waals surface area contributed by atoms with Gasteiger partial charge in [-0.1, -0.05) is 0 Å². The zero-order valence-electron chi connectivity index (χ0n) is 11.9. The number of rotatable bonds is 6. The number of aromatic nitrogens is 1. The van der Waals surface area contributed by atoms with Crippen LogP contribution in [0.25, 0.3) is 0 Å². The van der Waals surface area contributed by atoms with Gasteiger partial charge in [-0.15, -0.1) is 0 Å². The highest BCUT2D eigenvalue weighted by Gasteiger charge is 2.18. The van der Waals surface area contributed by atoms with E-state index in [0.717, 1.165) is 0 Å². The van der Waals surface area contributed by atoms with Crippen molar-refractivity contribution in [3.63, 3.8) is 0 Å². The predicted molar refractivity (Wildman–Crippen MR) is 76.1 cm³/mol. The Bertz CT molecular complexity index is 533. The summed E-state index contributed by atoms with van der Waals surface area (Å²) in [6, 6.07) is 2.40. The number of amides is 3. The quantitative estimate of drug-likeness (QED) is 0.717. The van der Waals surface area contributed by atoms with Crippen LogP contribution in [0.1, 0.15) is 24.3 Å². The van der Waals surface area contributed by atoms with Gasteiger partial charge in [0.2, 0.25) is 5.91 Å². The Morgan fingerprint density at radius 3 is 2.62 bits per heavy atom. The molecule has 0 atom stereocenters. The number of carboxylic acid groups (broad SMARTS) is 1. The number of pyridine rings is 1. The minimum absolute atomic E-state index is 0.0874. The van der Waals surface area contributed by atoms with E-state index in [-0.39, 0.29) is 23.8 Å². The monoisotopic (exact) mass is 294 g/mol. The van der Waals surface area contributed by atoms with Crippen molar-refractivity contribution >= 4 is 23.6 Å². The van der Waals surface area contributed by atoms with E-state index in [1.807, 2.05) is 0 Å². The van der Waals surface area contributed by atoms with Crippen molar-refractivity contribution in [2.75, 3.05) is 25.0 Å². The van der Waals surface area contributed by atoms with Crippen molar-refractivity contribution in [2.24, 2.45) is 0 Å². The van der Waals surface area contributed by atoms with Crippen LogP contribution in [0.3, 0.4) is 0 Å². The maximum Gasteiger partial charge on any atom is 0.356 e. The normalized spacial score (nSPS) is 9.81. The van der Waals surface area contributed by atoms with Gasteiger partial charge < -0.3 is 20.6 Å². The summed E-state index contributed by atoms with van der Waals surface area (Å²) in [6.45, 7) is 4.19. The number of hydrogen-bond acceptors (Lipinski definition) is 4. The van der Waals surface area contributed by atoms with Crippen LogP contribution >= 0.6 is 0 Å². The number of hydrogen-bond donors (Lipinski definition) is 3. The third-order valence-corrected chi connectivity index (χ3v) is 2.63. The highest BCUT2D eigenvalue weighted by atomic mass is 16.4. The van der Waals surface area contributed by atoms with Gasteiger partial charge in [0.1, 0.15) is 6.54 Å². The molecule has 3 N–H and O–H groups in total. The van der Waals surface area contributed by atoms with E-state index in [9.17, 15) is 14.4 Å². The molecule has 1 rings (SSSR count). The van der Waals surface area contributed by atoms with Crippen molar-refractivity contribution in [3.05, 3.63) is 24.0 Å². The molecule has 0 fully saturated rings. The van der Waals surface area contributed by atoms with E-state index in [0.29, 0.717) is 13.1 Å². The summed E-state index contributed by atoms with van der Waals surface area (Å²) < 4.78 is 0. The molecule has 0 aromatic carbocycles. The fourth-order valence-electron chi connectivity index (χ4n) is 1.62. The molecule has 1 aromatic rings. The molecule has 21 heavy (non-hydrogen) atoms. The van der Waals surface area contributed by atoms with Crippen molar-refractivity contribution in [2.45, 2.75) is 13.8 Å². The number of carboxylic acids is 1. The second-order valence-electron chi connectivity index (χ2n) is 4.10. The number of anilines is 1. The molecule has 0 aliphatic carbocycles. The van der Waals surface area contributed by atoms with E-state index in [1.165, 1.54) is 23.2 Å². The van der Waals surface area contributed by atoms with Crippen molar-refractivity contribution in [1.29, 1.82) is 0 Å². The molecule has 1 aromatic heterocycles. The molecule has 0 aliphatic rings. The Balaban J connectivity index is 2.79. The standard InChI is InChI=1S/C13H18N4O4/c1-3-14-10(18)8-17(4-2)13(21)16-9-6-5-7-15-11(9)12(19)20/h5-7H,3-4,8H2,1-2H3,(H,14,18)(H,16,21)(H,19,20). The lowest BCUT2D eigenvalue weighted by molar-refractivity contribution is -0.121. The molecule has 8 nitrogen and oxygen atoms in total. The smallest absolute Gasteiger partial charge is 0.356 e. The summed E-state index contributed by atoms with van der Waals surface area (Å²) in [7, 11) is 0. The number of carbonyl (C=O) groups is 3. The Kier molecular flexibility index (Phi) is 6.12. The topological polar surface area (TPSA) is 112 Å². The molecule has 0 bridgehead atoms. The van der Waals surface area contributed by atoms with Crippen LogP contribution in [0.4, 0.5) is 10.5 Å². The SMILES string of the molecule is CCNC(=O)CN(CC)C(=O)Nc1cccnc1C(=O)O. The average Bonchev–Trinajstić information content (AvgIpc) is 2.45. The van der Waals surface area contributed by atoms with Gasteiger partial charge in [-0.3, -0.25) is 4.79 Å². The number of nitrogens with zero attached hydrogens (tertiary/aromatic N) is 2. The van der Waals surface area contributed by atoms with E-state index >= 15 is 0 Å². The highest BCUT2D eigenvalue weighted by molar-refractivity contribution is 5.99. The molecular weight excluding hydrogens is 276 g/mol. The first-order chi connectivity index (χ1) is 9.99. The Morgan fingerprint density at radius 2 is 2.05 bits per heavy atom. The third kappa shape index (κ3) is 4.75. The molecule has 0 spiro atoms. The maximum atomic E-state index is 12.1. The van der Waals surface area contributed by atoms with E-state index in [1.54, 1.807) is 13.8 Å². The van der Waals surface area contributed by atoms with Crippen molar-refractivity contribution in [3.8, 4) is 0 Å². The molecular formula is C13H18N4O4. The van der Waals surface area contributed by atoms with Gasteiger partial charge in [0, 0.05) is 19.3 Å². The van der Waals surface area contributed by atoms with Crippen LogP contribution in [0, 0.1) is 0 Å². The van der Waals surface area contributed by atoms with Crippen molar-refractivity contribution in [1.82, 2.24) is 15.2 Å². The summed E-state index contributed by atoms with van der Waals surface area (Å²) in [6.07, 6.45) is 1.32. The second-order valence-corrected chi connectivity index (χ2v) is 4.10. The van der Waals surface area contributed by atoms with Gasteiger partial charge in [0.25, 0.3) is 0 Å². The van der Waals surface area contributed by atoms with Crippen LogP contribution in [0.2, 0.25) is 0 Å². The minimum Gasteiger partial charge on any atom is -0.476 e. The number of likely N-dealkylation sites (N-methyl/N-ethyl adjacent to an activating group) is 2. The Labute approximate surface area is 122 Å². The summed E-state index contributed by atoms with van der Waals surface area (Å²) in [5.74, 6) is -1.52. The lowest BCUT2D eigenvalue weighted by Gasteiger charge is -2.21. The van der Waals surface area contributed by atoms with Crippen LogP contribution in [0.5, 0.6) is 0 Å². The van der Waals surface area contributed by atoms with Gasteiger partial charge in [-0.25, -0.2) is 14.6 Å². The lowest BCUT2D eigenvalue weighted by atomic mass is 10.3. The van der Waals surface area contributed by atoms with E-state index < -0.39 is 12.0 Å². The fraction of sp³-hybridized carbons (Fsp3) is 0.385. The second kappa shape index (κ2) is 7.83. The van der Waals surface area contributed by atoms with E-state index in [2.05, 4.69) is 15.6 Å². The Hall–Kier alpha value is -2.64. The molecule has 3 amide bonds. The summed E-state index contributed by atoms with van der Waals surface area (Å²) in [4.78, 5) is 39.6. The van der Waals surface area contributed by atoms with Gasteiger partial charge in [-0.05, 0) is 26.0 Å². The van der Waals surface area contributed by atoms with Crippen LogP contribution in [0.15, 0.2) is 18.3 Å². The van der Waals surface area contributed by atoms with Gasteiger partial charge in [0.05, 0.1) is 5.69 Å². The first-order valence-electron chi connectivity index (χ1n) is 6.50. The minimum atomic E-state index is -1.24. The van der Waals surface area contributed by atoms with E-state index in [4.69, 9.17) is 5.11 Å². The first-order valence-corrected chi connectivity index (χ1v) is 6.50. The fourth-order valence-corrected chi connectivity index (χ4v) is 1.62. The van der Waals surface area contributed by atoms with Crippen LogP contribution in [-0.4, -0.2) is 52.5 Å². The number of carbonyl (C=O) groups excluding carboxylic acids is 2.